The third kappa shape index (κ3) is 5.93. The van der Waals surface area contributed by atoms with Crippen molar-refractivity contribution in [3.63, 3.8) is 0 Å². The third-order valence-corrected chi connectivity index (χ3v) is 3.30. The number of benzene rings is 2. The lowest BCUT2D eigenvalue weighted by molar-refractivity contribution is -0.149. The maximum atomic E-state index is 13.5. The van der Waals surface area contributed by atoms with Gasteiger partial charge in [0.05, 0.1) is 12.3 Å². The Morgan fingerprint density at radius 1 is 1.08 bits per heavy atom. The summed E-state index contributed by atoms with van der Waals surface area (Å²) in [6.07, 6.45) is 0. The van der Waals surface area contributed by atoms with E-state index in [1.54, 1.807) is 24.3 Å². The first kappa shape index (κ1) is 19.5. The van der Waals surface area contributed by atoms with E-state index in [9.17, 15) is 14.0 Å². The molecule has 0 radical (unpaired) electrons. The average molecular weight is 382 g/mol. The second-order valence-corrected chi connectivity index (χ2v) is 5.44. The molecule has 8 heteroatoms. The van der Waals surface area contributed by atoms with Crippen LogP contribution in [0.5, 0.6) is 11.5 Å². The van der Waals surface area contributed by atoms with E-state index in [0.29, 0.717) is 18.1 Å². The minimum absolute atomic E-state index is 0.0968. The predicted molar refractivity (Wildman–Crippen MR) is 94.1 cm³/mol. The molecule has 1 N–H and O–H groups in total. The van der Waals surface area contributed by atoms with Gasteiger partial charge in [0, 0.05) is 5.02 Å². The summed E-state index contributed by atoms with van der Waals surface area (Å²) in [5.41, 5.74) is -0.0968. The summed E-state index contributed by atoms with van der Waals surface area (Å²) < 4.78 is 29.0. The molecule has 26 heavy (non-hydrogen) atoms. The summed E-state index contributed by atoms with van der Waals surface area (Å²) in [5, 5.41) is 2.53. The minimum atomic E-state index is -0.752. The highest BCUT2D eigenvalue weighted by atomic mass is 35.5. The Morgan fingerprint density at radius 2 is 1.77 bits per heavy atom. The van der Waals surface area contributed by atoms with Crippen molar-refractivity contribution in [1.82, 2.24) is 0 Å². The number of anilines is 1. The minimum Gasteiger partial charge on any atom is -0.490 e. The molecular weight excluding hydrogens is 365 g/mol. The molecule has 0 aromatic heterocycles. The molecule has 6 nitrogen and oxygen atoms in total. The van der Waals surface area contributed by atoms with Gasteiger partial charge in [0.1, 0.15) is 5.82 Å². The van der Waals surface area contributed by atoms with E-state index in [-0.39, 0.29) is 10.7 Å². The summed E-state index contributed by atoms with van der Waals surface area (Å²) in [5.74, 6) is -1.22. The molecule has 0 bridgehead atoms. The summed E-state index contributed by atoms with van der Waals surface area (Å²) >= 11 is 5.73. The van der Waals surface area contributed by atoms with E-state index in [1.165, 1.54) is 12.1 Å². The Bertz CT molecular complexity index is 784. The van der Waals surface area contributed by atoms with Gasteiger partial charge in [-0.05, 0) is 37.3 Å². The summed E-state index contributed by atoms with van der Waals surface area (Å²) in [4.78, 5) is 23.4. The number of halogens is 2. The van der Waals surface area contributed by atoms with Crippen molar-refractivity contribution >= 4 is 29.2 Å². The van der Waals surface area contributed by atoms with Gasteiger partial charge in [-0.25, -0.2) is 9.18 Å². The fourth-order valence-corrected chi connectivity index (χ4v) is 2.12. The summed E-state index contributed by atoms with van der Waals surface area (Å²) in [6, 6.07) is 10.6. The highest BCUT2D eigenvalue weighted by molar-refractivity contribution is 6.30. The topological polar surface area (TPSA) is 73.9 Å². The van der Waals surface area contributed by atoms with Crippen LogP contribution in [0.4, 0.5) is 10.1 Å². The molecule has 0 aliphatic carbocycles. The molecule has 138 valence electrons. The van der Waals surface area contributed by atoms with Crippen LogP contribution in [0.3, 0.4) is 0 Å². The molecule has 0 saturated heterocycles. The number of ether oxygens (including phenoxy) is 3. The zero-order valence-corrected chi connectivity index (χ0v) is 14.7. The standard InChI is InChI=1S/C18H17ClFNO5/c1-2-24-15-5-3-4-6-16(15)25-11-18(23)26-10-17(22)21-14-9-12(19)7-8-13(14)20/h3-9H,2,10-11H2,1H3,(H,21,22). The number of amides is 1. The van der Waals surface area contributed by atoms with Gasteiger partial charge in [-0.1, -0.05) is 23.7 Å². The lowest BCUT2D eigenvalue weighted by Crippen LogP contribution is -2.24. The van der Waals surface area contributed by atoms with E-state index in [1.807, 2.05) is 6.92 Å². The number of hydrogen-bond acceptors (Lipinski definition) is 5. The van der Waals surface area contributed by atoms with Crippen LogP contribution in [0.2, 0.25) is 5.02 Å². The normalized spacial score (nSPS) is 10.1. The molecule has 0 fully saturated rings. The van der Waals surface area contributed by atoms with Crippen LogP contribution < -0.4 is 14.8 Å². The molecule has 0 aliphatic heterocycles. The Balaban J connectivity index is 1.80. The predicted octanol–water partition coefficient (Wildman–Crippen LogP) is 3.44. The van der Waals surface area contributed by atoms with Gasteiger partial charge in [-0.3, -0.25) is 4.79 Å². The highest BCUT2D eigenvalue weighted by Gasteiger charge is 2.12. The molecule has 0 heterocycles. The van der Waals surface area contributed by atoms with Crippen molar-refractivity contribution in [2.24, 2.45) is 0 Å². The van der Waals surface area contributed by atoms with Gasteiger partial charge < -0.3 is 19.5 Å². The largest absolute Gasteiger partial charge is 0.490 e. The Kier molecular flexibility index (Phi) is 7.23. The van der Waals surface area contributed by atoms with Gasteiger partial charge in [-0.15, -0.1) is 0 Å². The second kappa shape index (κ2) is 9.62. The van der Waals surface area contributed by atoms with Crippen molar-refractivity contribution in [1.29, 1.82) is 0 Å². The second-order valence-electron chi connectivity index (χ2n) is 5.00. The molecule has 2 rings (SSSR count). The number of hydrogen-bond donors (Lipinski definition) is 1. The molecule has 0 saturated carbocycles. The van der Waals surface area contributed by atoms with Crippen LogP contribution in [0, 0.1) is 5.82 Å². The van der Waals surface area contributed by atoms with E-state index in [0.717, 1.165) is 6.07 Å². The van der Waals surface area contributed by atoms with E-state index in [2.05, 4.69) is 5.32 Å². The zero-order chi connectivity index (χ0) is 18.9. The van der Waals surface area contributed by atoms with E-state index >= 15 is 0 Å². The number of carbonyl (C=O) groups is 2. The number of para-hydroxylation sites is 2. The van der Waals surface area contributed by atoms with E-state index < -0.39 is 30.9 Å². The Hall–Kier alpha value is -2.80. The lowest BCUT2D eigenvalue weighted by Gasteiger charge is -2.11. The maximum absolute atomic E-state index is 13.5. The van der Waals surface area contributed by atoms with Gasteiger partial charge in [0.15, 0.2) is 24.7 Å². The first-order chi connectivity index (χ1) is 12.5. The first-order valence-electron chi connectivity index (χ1n) is 7.74. The quantitative estimate of drug-likeness (QED) is 0.709. The fourth-order valence-electron chi connectivity index (χ4n) is 1.95. The molecule has 0 aliphatic rings. The van der Waals surface area contributed by atoms with Crippen molar-refractivity contribution < 1.29 is 28.2 Å². The number of carbonyl (C=O) groups excluding carboxylic acids is 2. The molecule has 0 atom stereocenters. The van der Waals surface area contributed by atoms with Gasteiger partial charge >= 0.3 is 5.97 Å². The third-order valence-electron chi connectivity index (χ3n) is 3.06. The molecule has 2 aromatic rings. The van der Waals surface area contributed by atoms with Gasteiger partial charge in [-0.2, -0.15) is 0 Å². The summed E-state index contributed by atoms with van der Waals surface area (Å²) in [6.45, 7) is 1.29. The number of rotatable bonds is 8. The lowest BCUT2D eigenvalue weighted by atomic mass is 10.3. The number of esters is 1. The van der Waals surface area contributed by atoms with Gasteiger partial charge in [0.25, 0.3) is 5.91 Å². The maximum Gasteiger partial charge on any atom is 0.344 e. The molecule has 1 amide bonds. The molecule has 0 unspecified atom stereocenters. The highest BCUT2D eigenvalue weighted by Crippen LogP contribution is 2.26. The van der Waals surface area contributed by atoms with Crippen molar-refractivity contribution in [3.05, 3.63) is 53.3 Å². The van der Waals surface area contributed by atoms with E-state index in [4.69, 9.17) is 25.8 Å². The van der Waals surface area contributed by atoms with Crippen LogP contribution in [0.1, 0.15) is 6.92 Å². The first-order valence-corrected chi connectivity index (χ1v) is 8.12. The van der Waals surface area contributed by atoms with Crippen LogP contribution >= 0.6 is 11.6 Å². The van der Waals surface area contributed by atoms with Crippen LogP contribution in [0.25, 0.3) is 0 Å². The van der Waals surface area contributed by atoms with Crippen molar-refractivity contribution in [3.8, 4) is 11.5 Å². The van der Waals surface area contributed by atoms with Crippen molar-refractivity contribution in [2.75, 3.05) is 25.1 Å². The molecular formula is C18H17ClFNO5. The fraction of sp³-hybridized carbons (Fsp3) is 0.222. The van der Waals surface area contributed by atoms with Crippen molar-refractivity contribution in [2.45, 2.75) is 6.92 Å². The molecule has 0 spiro atoms. The van der Waals surface area contributed by atoms with Gasteiger partial charge in [0.2, 0.25) is 0 Å². The van der Waals surface area contributed by atoms with Crippen LogP contribution in [0.15, 0.2) is 42.5 Å². The van der Waals surface area contributed by atoms with Crippen LogP contribution in [-0.4, -0.2) is 31.7 Å². The zero-order valence-electron chi connectivity index (χ0n) is 14.0. The number of nitrogens with one attached hydrogen (secondary N) is 1. The summed E-state index contributed by atoms with van der Waals surface area (Å²) in [7, 11) is 0. The monoisotopic (exact) mass is 381 g/mol. The SMILES string of the molecule is CCOc1ccccc1OCC(=O)OCC(=O)Nc1cc(Cl)ccc1F. The van der Waals surface area contributed by atoms with Crippen LogP contribution in [-0.2, 0) is 14.3 Å². The molecule has 2 aromatic carbocycles. The smallest absolute Gasteiger partial charge is 0.344 e. The Labute approximate surface area is 154 Å². The average Bonchev–Trinajstić information content (AvgIpc) is 2.62. The Morgan fingerprint density at radius 3 is 2.46 bits per heavy atom.